The molecule has 178 valence electrons. The fourth-order valence-electron chi connectivity index (χ4n) is 8.57. The van der Waals surface area contributed by atoms with E-state index in [9.17, 15) is 14.4 Å². The van der Waals surface area contributed by atoms with E-state index in [1.807, 2.05) is 0 Å². The number of esters is 2. The minimum atomic E-state index is -0.706. The topological polar surface area (TPSA) is 69.7 Å². The largest absolute Gasteiger partial charge is 0.463 e. The molecule has 4 aliphatic rings. The van der Waals surface area contributed by atoms with Crippen LogP contribution in [0.15, 0.2) is 11.6 Å². The summed E-state index contributed by atoms with van der Waals surface area (Å²) in [4.78, 5) is 35.3. The highest BCUT2D eigenvalue weighted by molar-refractivity contribution is 6.33. The normalized spacial score (nSPS) is 41.4. The van der Waals surface area contributed by atoms with Crippen LogP contribution in [0.5, 0.6) is 0 Å². The number of allylic oxidation sites excluding steroid dienone is 1. The lowest BCUT2D eigenvalue weighted by Gasteiger charge is -2.58. The molecule has 0 saturated heterocycles. The first kappa shape index (κ1) is 23.5. The van der Waals surface area contributed by atoms with Crippen molar-refractivity contribution in [1.82, 2.24) is 0 Å². The Bertz CT molecular complexity index is 815. The first-order valence-electron chi connectivity index (χ1n) is 12.6. The molecule has 3 fully saturated rings. The monoisotopic (exact) mass is 444 g/mol. The van der Waals surface area contributed by atoms with Crippen molar-refractivity contribution in [2.75, 3.05) is 7.11 Å². The molecule has 32 heavy (non-hydrogen) atoms. The van der Waals surface area contributed by atoms with Crippen LogP contribution in [-0.2, 0) is 23.9 Å². The Balaban J connectivity index is 1.50. The molecule has 4 rings (SSSR count). The number of ether oxygens (including phenoxy) is 2. The number of carbonyl (C=O) groups excluding carboxylic acids is 3. The van der Waals surface area contributed by atoms with Crippen molar-refractivity contribution in [2.24, 2.45) is 40.4 Å². The van der Waals surface area contributed by atoms with Gasteiger partial charge in [-0.2, -0.15) is 0 Å². The van der Waals surface area contributed by atoms with Crippen LogP contribution in [0.4, 0.5) is 0 Å². The van der Waals surface area contributed by atoms with Crippen molar-refractivity contribution in [3.8, 4) is 0 Å². The molecule has 0 bridgehead atoms. The SMILES string of the molecule is COC(=O)C(=O)C[C@@H](C)[C@H]1CC[C@H]2[C@@H]3CC=C4C[C@@H](OC(C)=O)CC[C@]4(C)C3CC[C@]12C. The van der Waals surface area contributed by atoms with Gasteiger partial charge in [-0.25, -0.2) is 4.79 Å². The third-order valence-corrected chi connectivity index (χ3v) is 10.1. The van der Waals surface area contributed by atoms with Crippen molar-refractivity contribution in [3.05, 3.63) is 11.6 Å². The summed E-state index contributed by atoms with van der Waals surface area (Å²) in [7, 11) is 1.28. The molecular formula is C27H40O5. The Morgan fingerprint density at radius 2 is 1.84 bits per heavy atom. The number of carbonyl (C=O) groups is 3. The zero-order chi connectivity index (χ0) is 23.3. The van der Waals surface area contributed by atoms with Crippen LogP contribution >= 0.6 is 0 Å². The van der Waals surface area contributed by atoms with E-state index in [0.717, 1.165) is 32.1 Å². The predicted octanol–water partition coefficient (Wildman–Crippen LogP) is 5.27. The van der Waals surface area contributed by atoms with Crippen LogP contribution in [-0.4, -0.2) is 30.9 Å². The van der Waals surface area contributed by atoms with Gasteiger partial charge in [-0.05, 0) is 85.4 Å². The van der Waals surface area contributed by atoms with Crippen LogP contribution in [0.1, 0.15) is 85.5 Å². The molecule has 8 atom stereocenters. The highest BCUT2D eigenvalue weighted by Crippen LogP contribution is 2.67. The maximum atomic E-state index is 12.2. The molecule has 0 spiro atoms. The summed E-state index contributed by atoms with van der Waals surface area (Å²) < 4.78 is 10.2. The Labute approximate surface area is 192 Å². The lowest BCUT2D eigenvalue weighted by molar-refractivity contribution is -0.152. The minimum absolute atomic E-state index is 0.0429. The van der Waals surface area contributed by atoms with Crippen LogP contribution in [0.3, 0.4) is 0 Å². The molecule has 1 unspecified atom stereocenters. The zero-order valence-corrected chi connectivity index (χ0v) is 20.4. The Hall–Kier alpha value is -1.65. The van der Waals surface area contributed by atoms with E-state index < -0.39 is 5.97 Å². The number of rotatable bonds is 5. The van der Waals surface area contributed by atoms with Crippen LogP contribution < -0.4 is 0 Å². The zero-order valence-electron chi connectivity index (χ0n) is 20.4. The van der Waals surface area contributed by atoms with Gasteiger partial charge in [0.05, 0.1) is 7.11 Å². The molecule has 0 N–H and O–H groups in total. The average molecular weight is 445 g/mol. The fourth-order valence-corrected chi connectivity index (χ4v) is 8.57. The third kappa shape index (κ3) is 3.84. The molecule has 5 nitrogen and oxygen atoms in total. The standard InChI is InChI=1S/C27H40O5/c1-16(14-24(29)25(30)31-5)21-8-9-22-20-7-6-18-15-19(32-17(2)28)10-12-26(18,3)23(20)11-13-27(21,22)4/h6,16,19-23H,7-15H2,1-5H3/t16-,19+,20+,21-,22+,23?,26+,27-/m1/s1. The number of hydrogen-bond acceptors (Lipinski definition) is 5. The predicted molar refractivity (Wildman–Crippen MR) is 122 cm³/mol. The molecule has 0 aromatic rings. The summed E-state index contributed by atoms with van der Waals surface area (Å²) in [5, 5.41) is 0. The molecular weight excluding hydrogens is 404 g/mol. The Kier molecular flexibility index (Phi) is 6.32. The lowest BCUT2D eigenvalue weighted by atomic mass is 9.47. The second kappa shape index (κ2) is 8.61. The van der Waals surface area contributed by atoms with Crippen LogP contribution in [0.2, 0.25) is 0 Å². The highest BCUT2D eigenvalue weighted by Gasteiger charge is 2.59. The van der Waals surface area contributed by atoms with Gasteiger partial charge in [0, 0.05) is 19.8 Å². The van der Waals surface area contributed by atoms with E-state index in [0.29, 0.717) is 30.1 Å². The summed E-state index contributed by atoms with van der Waals surface area (Å²) in [6, 6.07) is 0. The van der Waals surface area contributed by atoms with Gasteiger partial charge in [-0.15, -0.1) is 0 Å². The van der Waals surface area contributed by atoms with Gasteiger partial charge in [0.15, 0.2) is 0 Å². The van der Waals surface area contributed by atoms with Crippen molar-refractivity contribution in [3.63, 3.8) is 0 Å². The van der Waals surface area contributed by atoms with Gasteiger partial charge in [0.2, 0.25) is 5.78 Å². The highest BCUT2D eigenvalue weighted by atomic mass is 16.5. The number of fused-ring (bicyclic) bond motifs is 5. The van der Waals surface area contributed by atoms with E-state index >= 15 is 0 Å². The van der Waals surface area contributed by atoms with Crippen LogP contribution in [0, 0.1) is 40.4 Å². The number of ketones is 1. The molecule has 3 saturated carbocycles. The molecule has 0 aromatic heterocycles. The first-order valence-corrected chi connectivity index (χ1v) is 12.6. The van der Waals surface area contributed by atoms with Crippen molar-refractivity contribution < 1.29 is 23.9 Å². The summed E-state index contributed by atoms with van der Waals surface area (Å²) >= 11 is 0. The maximum absolute atomic E-state index is 12.2. The van der Waals surface area contributed by atoms with E-state index in [2.05, 4.69) is 31.6 Å². The van der Waals surface area contributed by atoms with Crippen LogP contribution in [0.25, 0.3) is 0 Å². The molecule has 0 aliphatic heterocycles. The average Bonchev–Trinajstić information content (AvgIpc) is 3.10. The lowest BCUT2D eigenvalue weighted by Crippen LogP contribution is -2.51. The summed E-state index contributed by atoms with van der Waals surface area (Å²) in [6.45, 7) is 8.59. The first-order chi connectivity index (χ1) is 15.1. The number of hydrogen-bond donors (Lipinski definition) is 0. The minimum Gasteiger partial charge on any atom is -0.463 e. The van der Waals surface area contributed by atoms with Gasteiger partial charge in [-0.3, -0.25) is 9.59 Å². The summed E-state index contributed by atoms with van der Waals surface area (Å²) in [5.74, 6) is 1.51. The maximum Gasteiger partial charge on any atom is 0.374 e. The fraction of sp³-hybridized carbons (Fsp3) is 0.815. The number of methoxy groups -OCH3 is 1. The van der Waals surface area contributed by atoms with Gasteiger partial charge < -0.3 is 9.47 Å². The van der Waals surface area contributed by atoms with E-state index in [4.69, 9.17) is 4.74 Å². The summed E-state index contributed by atoms with van der Waals surface area (Å²) in [5.41, 5.74) is 1.99. The second-order valence-corrected chi connectivity index (χ2v) is 11.6. The van der Waals surface area contributed by atoms with E-state index in [-0.39, 0.29) is 34.6 Å². The molecule has 4 aliphatic carbocycles. The quantitative estimate of drug-likeness (QED) is 0.328. The molecule has 0 aromatic carbocycles. The second-order valence-electron chi connectivity index (χ2n) is 11.6. The Morgan fingerprint density at radius 3 is 2.53 bits per heavy atom. The van der Waals surface area contributed by atoms with Gasteiger partial charge in [-0.1, -0.05) is 32.4 Å². The number of Topliss-reactive ketones (excluding diaryl/α,β-unsaturated/α-hetero) is 1. The molecule has 0 radical (unpaired) electrons. The van der Waals surface area contributed by atoms with E-state index in [1.54, 1.807) is 0 Å². The van der Waals surface area contributed by atoms with Gasteiger partial charge in [0.1, 0.15) is 6.10 Å². The smallest absolute Gasteiger partial charge is 0.374 e. The van der Waals surface area contributed by atoms with Crippen molar-refractivity contribution in [2.45, 2.75) is 91.6 Å². The molecule has 5 heteroatoms. The van der Waals surface area contributed by atoms with Gasteiger partial charge in [0.25, 0.3) is 0 Å². The van der Waals surface area contributed by atoms with Crippen molar-refractivity contribution >= 4 is 17.7 Å². The third-order valence-electron chi connectivity index (χ3n) is 10.1. The van der Waals surface area contributed by atoms with Gasteiger partial charge >= 0.3 is 11.9 Å². The Morgan fingerprint density at radius 1 is 1.09 bits per heavy atom. The van der Waals surface area contributed by atoms with E-state index in [1.165, 1.54) is 38.9 Å². The van der Waals surface area contributed by atoms with Crippen molar-refractivity contribution in [1.29, 1.82) is 0 Å². The molecule has 0 heterocycles. The summed E-state index contributed by atoms with van der Waals surface area (Å²) in [6.07, 6.45) is 11.8. The molecule has 0 amide bonds.